The standard InChI is InChI=1S/C18H24N4O/c1-3-21(4-2)14-9-12-22(13-14)18(23)16-8-6-5-7-15(16)17-19-10-11-20-17/h5-8,10-11,14H,3-4,9,12-13H2,1-2H3,(H,19,20). The van der Waals surface area contributed by atoms with Gasteiger partial charge < -0.3 is 9.88 Å². The summed E-state index contributed by atoms with van der Waals surface area (Å²) >= 11 is 0. The number of nitrogens with one attached hydrogen (secondary N) is 1. The third kappa shape index (κ3) is 3.15. The lowest BCUT2D eigenvalue weighted by molar-refractivity contribution is 0.0778. The molecule has 1 saturated heterocycles. The van der Waals surface area contributed by atoms with Crippen LogP contribution in [0.15, 0.2) is 36.7 Å². The first-order chi connectivity index (χ1) is 11.2. The van der Waals surface area contributed by atoms with Crippen molar-refractivity contribution in [2.75, 3.05) is 26.2 Å². The van der Waals surface area contributed by atoms with Gasteiger partial charge in [0, 0.05) is 37.1 Å². The van der Waals surface area contributed by atoms with Gasteiger partial charge in [-0.3, -0.25) is 9.69 Å². The third-order valence-electron chi connectivity index (χ3n) is 4.69. The summed E-state index contributed by atoms with van der Waals surface area (Å²) in [5, 5.41) is 0. The molecule has 1 aliphatic rings. The van der Waals surface area contributed by atoms with Gasteiger partial charge in [-0.15, -0.1) is 0 Å². The highest BCUT2D eigenvalue weighted by molar-refractivity contribution is 6.00. The van der Waals surface area contributed by atoms with Crippen molar-refractivity contribution in [2.45, 2.75) is 26.3 Å². The van der Waals surface area contributed by atoms with E-state index in [-0.39, 0.29) is 5.91 Å². The maximum absolute atomic E-state index is 13.0. The monoisotopic (exact) mass is 312 g/mol. The fourth-order valence-corrected chi connectivity index (χ4v) is 3.42. The molecule has 1 N–H and O–H groups in total. The predicted octanol–water partition coefficient (Wildman–Crippen LogP) is 2.63. The van der Waals surface area contributed by atoms with Crippen molar-refractivity contribution in [3.63, 3.8) is 0 Å². The van der Waals surface area contributed by atoms with Gasteiger partial charge in [-0.1, -0.05) is 32.0 Å². The SMILES string of the molecule is CCN(CC)C1CCN(C(=O)c2ccccc2-c2ncc[nH]2)C1. The van der Waals surface area contributed by atoms with Crippen LogP contribution in [0.2, 0.25) is 0 Å². The van der Waals surface area contributed by atoms with Gasteiger partial charge >= 0.3 is 0 Å². The van der Waals surface area contributed by atoms with Gasteiger partial charge in [-0.25, -0.2) is 4.98 Å². The highest BCUT2D eigenvalue weighted by Gasteiger charge is 2.30. The summed E-state index contributed by atoms with van der Waals surface area (Å²) in [4.78, 5) is 24.8. The first-order valence-corrected chi connectivity index (χ1v) is 8.36. The Morgan fingerprint density at radius 2 is 2.13 bits per heavy atom. The first kappa shape index (κ1) is 15.7. The van der Waals surface area contributed by atoms with Crippen LogP contribution in [0.3, 0.4) is 0 Å². The van der Waals surface area contributed by atoms with Crippen LogP contribution in [-0.2, 0) is 0 Å². The van der Waals surface area contributed by atoms with Gasteiger partial charge in [0.2, 0.25) is 0 Å². The molecule has 1 amide bonds. The number of carbonyl (C=O) groups excluding carboxylic acids is 1. The number of H-pyrrole nitrogens is 1. The second-order valence-corrected chi connectivity index (χ2v) is 5.90. The number of rotatable bonds is 5. The quantitative estimate of drug-likeness (QED) is 0.923. The van der Waals surface area contributed by atoms with Gasteiger partial charge in [0.15, 0.2) is 0 Å². The molecule has 2 heterocycles. The van der Waals surface area contributed by atoms with Crippen molar-refractivity contribution in [1.82, 2.24) is 19.8 Å². The lowest BCUT2D eigenvalue weighted by Gasteiger charge is -2.26. The van der Waals surface area contributed by atoms with Crippen molar-refractivity contribution in [1.29, 1.82) is 0 Å². The number of benzene rings is 1. The van der Waals surface area contributed by atoms with Crippen molar-refractivity contribution >= 4 is 5.91 Å². The van der Waals surface area contributed by atoms with Gasteiger partial charge in [0.05, 0.1) is 5.56 Å². The van der Waals surface area contributed by atoms with Crippen LogP contribution >= 0.6 is 0 Å². The minimum absolute atomic E-state index is 0.103. The number of aromatic nitrogens is 2. The van der Waals surface area contributed by atoms with Gasteiger partial charge in [0.25, 0.3) is 5.91 Å². The van der Waals surface area contributed by atoms with E-state index in [1.54, 1.807) is 12.4 Å². The average molecular weight is 312 g/mol. The molecule has 122 valence electrons. The third-order valence-corrected chi connectivity index (χ3v) is 4.69. The molecule has 23 heavy (non-hydrogen) atoms. The predicted molar refractivity (Wildman–Crippen MR) is 91.3 cm³/mol. The zero-order valence-corrected chi connectivity index (χ0v) is 13.8. The molecule has 0 bridgehead atoms. The minimum Gasteiger partial charge on any atom is -0.345 e. The normalized spacial score (nSPS) is 17.9. The summed E-state index contributed by atoms with van der Waals surface area (Å²) in [6, 6.07) is 8.17. The molecule has 3 rings (SSSR count). The van der Waals surface area contributed by atoms with Crippen LogP contribution in [0.1, 0.15) is 30.6 Å². The van der Waals surface area contributed by atoms with Crippen molar-refractivity contribution in [2.24, 2.45) is 0 Å². The number of hydrogen-bond acceptors (Lipinski definition) is 3. The van der Waals surface area contributed by atoms with Crippen LogP contribution in [-0.4, -0.2) is 57.9 Å². The molecular formula is C18H24N4O. The fourth-order valence-electron chi connectivity index (χ4n) is 3.42. The Morgan fingerprint density at radius 1 is 1.35 bits per heavy atom. The number of likely N-dealkylation sites (tertiary alicyclic amines) is 1. The summed E-state index contributed by atoms with van der Waals surface area (Å²) in [6.07, 6.45) is 4.54. The second-order valence-electron chi connectivity index (χ2n) is 5.90. The zero-order valence-electron chi connectivity index (χ0n) is 13.8. The molecule has 0 saturated carbocycles. The lowest BCUT2D eigenvalue weighted by Crippen LogP contribution is -2.38. The molecule has 0 spiro atoms. The van der Waals surface area contributed by atoms with E-state index in [4.69, 9.17) is 0 Å². The number of imidazole rings is 1. The molecule has 1 aliphatic heterocycles. The molecule has 5 nitrogen and oxygen atoms in total. The first-order valence-electron chi connectivity index (χ1n) is 8.36. The fraction of sp³-hybridized carbons (Fsp3) is 0.444. The summed E-state index contributed by atoms with van der Waals surface area (Å²) in [7, 11) is 0. The number of likely N-dealkylation sites (N-methyl/N-ethyl adjacent to an activating group) is 1. The topological polar surface area (TPSA) is 52.2 Å². The highest BCUT2D eigenvalue weighted by atomic mass is 16.2. The maximum atomic E-state index is 13.0. The zero-order chi connectivity index (χ0) is 16.2. The molecule has 1 unspecified atom stereocenters. The summed E-state index contributed by atoms with van der Waals surface area (Å²) in [5.41, 5.74) is 1.59. The molecule has 1 atom stereocenters. The van der Waals surface area contributed by atoms with Crippen LogP contribution < -0.4 is 0 Å². The molecule has 1 aromatic heterocycles. The molecule has 0 radical (unpaired) electrons. The minimum atomic E-state index is 0.103. The number of hydrogen-bond donors (Lipinski definition) is 1. The Labute approximate surface area is 137 Å². The number of carbonyl (C=O) groups is 1. The Morgan fingerprint density at radius 3 is 2.83 bits per heavy atom. The number of aromatic amines is 1. The molecule has 0 aliphatic carbocycles. The van der Waals surface area contributed by atoms with Gasteiger partial charge in [-0.2, -0.15) is 0 Å². The van der Waals surface area contributed by atoms with Crippen LogP contribution in [0.25, 0.3) is 11.4 Å². The van der Waals surface area contributed by atoms with Crippen LogP contribution in [0, 0.1) is 0 Å². The van der Waals surface area contributed by atoms with E-state index in [1.807, 2.05) is 29.2 Å². The highest BCUT2D eigenvalue weighted by Crippen LogP contribution is 2.24. The van der Waals surface area contributed by atoms with Crippen LogP contribution in [0.5, 0.6) is 0 Å². The van der Waals surface area contributed by atoms with E-state index in [0.29, 0.717) is 6.04 Å². The Balaban J connectivity index is 1.80. The lowest BCUT2D eigenvalue weighted by atomic mass is 10.1. The largest absolute Gasteiger partial charge is 0.345 e. The van der Waals surface area contributed by atoms with E-state index in [9.17, 15) is 4.79 Å². The Hall–Kier alpha value is -2.14. The van der Waals surface area contributed by atoms with E-state index >= 15 is 0 Å². The summed E-state index contributed by atoms with van der Waals surface area (Å²) in [5.74, 6) is 0.847. The summed E-state index contributed by atoms with van der Waals surface area (Å²) in [6.45, 7) is 8.07. The Kier molecular flexibility index (Phi) is 4.76. The van der Waals surface area contributed by atoms with E-state index < -0.39 is 0 Å². The molecule has 2 aromatic rings. The van der Waals surface area contributed by atoms with E-state index in [0.717, 1.165) is 49.6 Å². The number of nitrogens with zero attached hydrogens (tertiary/aromatic N) is 3. The summed E-state index contributed by atoms with van der Waals surface area (Å²) < 4.78 is 0. The van der Waals surface area contributed by atoms with Gasteiger partial charge in [0.1, 0.15) is 5.82 Å². The average Bonchev–Trinajstić information content (AvgIpc) is 3.27. The molecule has 1 aromatic carbocycles. The van der Waals surface area contributed by atoms with Gasteiger partial charge in [-0.05, 0) is 25.6 Å². The van der Waals surface area contributed by atoms with E-state index in [1.165, 1.54) is 0 Å². The maximum Gasteiger partial charge on any atom is 0.254 e. The Bertz CT molecular complexity index is 649. The number of amides is 1. The molecule has 1 fully saturated rings. The second kappa shape index (κ2) is 6.96. The molecular weight excluding hydrogens is 288 g/mol. The van der Waals surface area contributed by atoms with Crippen molar-refractivity contribution in [3.8, 4) is 11.4 Å². The van der Waals surface area contributed by atoms with Crippen molar-refractivity contribution in [3.05, 3.63) is 42.2 Å². The van der Waals surface area contributed by atoms with Crippen LogP contribution in [0.4, 0.5) is 0 Å². The smallest absolute Gasteiger partial charge is 0.254 e. The van der Waals surface area contributed by atoms with Crippen molar-refractivity contribution < 1.29 is 4.79 Å². The van der Waals surface area contributed by atoms with E-state index in [2.05, 4.69) is 28.7 Å². The molecule has 5 heteroatoms.